The standard InChI is InChI=1S/C54H41N/c1-2-11-36(12-3-1)37-22-25-41(26-23-37)55(42-27-28-44-39(33-42)32-38-13-4-5-14-43(38)44)52-30-29-46(45-15-6-7-16-47(45)52)48-18-10-20-51-53(48)49-17-8-9-19-50(49)54(51)34-35-21-24-40(54)31-35/h1-20,22-23,25-30,33,35,40H,21,24,31-32,34H2/t35?,40?,54-/m1/s1. The van der Waals surface area contributed by atoms with E-state index < -0.39 is 0 Å². The number of hydrogen-bond acceptors (Lipinski definition) is 1. The zero-order valence-corrected chi connectivity index (χ0v) is 30.9. The first kappa shape index (κ1) is 31.2. The lowest BCUT2D eigenvalue weighted by Crippen LogP contribution is -2.31. The van der Waals surface area contributed by atoms with Crippen LogP contribution < -0.4 is 4.90 Å². The number of hydrogen-bond donors (Lipinski definition) is 0. The molecule has 8 aromatic rings. The summed E-state index contributed by atoms with van der Waals surface area (Å²) in [6.45, 7) is 0. The van der Waals surface area contributed by atoms with Crippen LogP contribution >= 0.6 is 0 Å². The van der Waals surface area contributed by atoms with Crippen LogP contribution in [0.5, 0.6) is 0 Å². The molecule has 55 heavy (non-hydrogen) atoms. The molecule has 1 heteroatoms. The molecule has 4 aliphatic rings. The van der Waals surface area contributed by atoms with Crippen LogP contribution in [0.3, 0.4) is 0 Å². The fourth-order valence-corrected chi connectivity index (χ4v) is 11.5. The molecule has 2 saturated carbocycles. The van der Waals surface area contributed by atoms with Crippen LogP contribution in [0.25, 0.3) is 55.3 Å². The summed E-state index contributed by atoms with van der Waals surface area (Å²) in [5, 5.41) is 2.55. The molecule has 8 aromatic carbocycles. The molecule has 0 amide bonds. The minimum absolute atomic E-state index is 0.163. The van der Waals surface area contributed by atoms with Gasteiger partial charge in [0.1, 0.15) is 0 Å². The highest BCUT2D eigenvalue weighted by Crippen LogP contribution is 2.66. The third kappa shape index (κ3) is 4.53. The first-order chi connectivity index (χ1) is 27.2. The summed E-state index contributed by atoms with van der Waals surface area (Å²) in [5.74, 6) is 1.60. The molecule has 2 fully saturated rings. The van der Waals surface area contributed by atoms with Gasteiger partial charge in [-0.2, -0.15) is 0 Å². The minimum Gasteiger partial charge on any atom is -0.310 e. The third-order valence-electron chi connectivity index (χ3n) is 13.8. The van der Waals surface area contributed by atoms with Crippen molar-refractivity contribution in [2.75, 3.05) is 4.90 Å². The maximum atomic E-state index is 2.49. The van der Waals surface area contributed by atoms with Gasteiger partial charge in [-0.3, -0.25) is 0 Å². The highest BCUT2D eigenvalue weighted by atomic mass is 15.1. The van der Waals surface area contributed by atoms with Crippen LogP contribution in [0.15, 0.2) is 176 Å². The molecule has 4 aliphatic carbocycles. The van der Waals surface area contributed by atoms with E-state index in [2.05, 4.69) is 181 Å². The Morgan fingerprint density at radius 1 is 0.455 bits per heavy atom. The van der Waals surface area contributed by atoms with Gasteiger partial charge in [-0.25, -0.2) is 0 Å². The Bertz CT molecular complexity index is 2810. The van der Waals surface area contributed by atoms with E-state index in [1.54, 1.807) is 11.1 Å². The van der Waals surface area contributed by atoms with Crippen molar-refractivity contribution in [3.8, 4) is 44.5 Å². The summed E-state index contributed by atoms with van der Waals surface area (Å²) >= 11 is 0. The molecule has 2 unspecified atom stereocenters. The van der Waals surface area contributed by atoms with Crippen molar-refractivity contribution in [1.29, 1.82) is 0 Å². The summed E-state index contributed by atoms with van der Waals surface area (Å²) in [7, 11) is 0. The second-order valence-corrected chi connectivity index (χ2v) is 16.4. The number of nitrogens with zero attached hydrogens (tertiary/aromatic N) is 1. The number of benzene rings is 8. The second kappa shape index (κ2) is 11.9. The average Bonchev–Trinajstić information content (AvgIpc) is 4.03. The molecular formula is C54H41N. The Morgan fingerprint density at radius 2 is 1.13 bits per heavy atom. The maximum Gasteiger partial charge on any atom is 0.0540 e. The molecule has 0 heterocycles. The number of rotatable bonds is 5. The second-order valence-electron chi connectivity index (χ2n) is 16.4. The van der Waals surface area contributed by atoms with Crippen LogP contribution in [0.4, 0.5) is 17.1 Å². The Hall–Kier alpha value is -6.18. The van der Waals surface area contributed by atoms with Gasteiger partial charge in [-0.15, -0.1) is 0 Å². The molecular weight excluding hydrogens is 663 g/mol. The van der Waals surface area contributed by atoms with Crippen molar-refractivity contribution in [2.24, 2.45) is 11.8 Å². The van der Waals surface area contributed by atoms with Gasteiger partial charge in [-0.1, -0.05) is 152 Å². The predicted molar refractivity (Wildman–Crippen MR) is 229 cm³/mol. The first-order valence-electron chi connectivity index (χ1n) is 20.2. The summed E-state index contributed by atoms with van der Waals surface area (Å²) in [6.07, 6.45) is 6.40. The molecule has 0 aromatic heterocycles. The minimum atomic E-state index is 0.163. The van der Waals surface area contributed by atoms with Crippen molar-refractivity contribution >= 4 is 27.8 Å². The lowest BCUT2D eigenvalue weighted by atomic mass is 9.66. The zero-order valence-electron chi connectivity index (χ0n) is 30.9. The van der Waals surface area contributed by atoms with Gasteiger partial charge in [0.25, 0.3) is 0 Å². The normalized spacial score (nSPS) is 19.7. The Kier molecular flexibility index (Phi) is 6.76. The highest BCUT2D eigenvalue weighted by molar-refractivity contribution is 6.09. The Balaban J connectivity index is 1.04. The van der Waals surface area contributed by atoms with Crippen molar-refractivity contribution in [1.82, 2.24) is 0 Å². The maximum absolute atomic E-state index is 2.49. The van der Waals surface area contributed by atoms with Crippen LogP contribution in [-0.4, -0.2) is 0 Å². The smallest absolute Gasteiger partial charge is 0.0540 e. The summed E-state index contributed by atoms with van der Waals surface area (Å²) < 4.78 is 0. The number of anilines is 3. The average molecular weight is 704 g/mol. The number of fused-ring (bicyclic) bond motifs is 12. The van der Waals surface area contributed by atoms with E-state index >= 15 is 0 Å². The van der Waals surface area contributed by atoms with E-state index in [-0.39, 0.29) is 5.41 Å². The molecule has 1 spiro atoms. The van der Waals surface area contributed by atoms with Gasteiger partial charge in [0.15, 0.2) is 0 Å². The lowest BCUT2D eigenvalue weighted by molar-refractivity contribution is 0.327. The van der Waals surface area contributed by atoms with E-state index in [0.29, 0.717) is 0 Å². The van der Waals surface area contributed by atoms with Crippen LogP contribution in [0, 0.1) is 11.8 Å². The van der Waals surface area contributed by atoms with Crippen LogP contribution in [-0.2, 0) is 11.8 Å². The predicted octanol–water partition coefficient (Wildman–Crippen LogP) is 14.3. The van der Waals surface area contributed by atoms with Crippen LogP contribution in [0.1, 0.15) is 47.9 Å². The van der Waals surface area contributed by atoms with Gasteiger partial charge in [-0.05, 0) is 140 Å². The third-order valence-corrected chi connectivity index (χ3v) is 13.8. The van der Waals surface area contributed by atoms with Gasteiger partial charge < -0.3 is 4.90 Å². The van der Waals surface area contributed by atoms with Crippen molar-refractivity contribution < 1.29 is 0 Å². The largest absolute Gasteiger partial charge is 0.310 e. The van der Waals surface area contributed by atoms with E-state index in [1.807, 2.05) is 0 Å². The molecule has 0 saturated heterocycles. The van der Waals surface area contributed by atoms with E-state index in [1.165, 1.54) is 103 Å². The topological polar surface area (TPSA) is 3.24 Å². The zero-order chi connectivity index (χ0) is 36.1. The van der Waals surface area contributed by atoms with Crippen LogP contribution in [0.2, 0.25) is 0 Å². The Morgan fingerprint density at radius 3 is 1.96 bits per heavy atom. The molecule has 1 nitrogen and oxygen atoms in total. The lowest BCUT2D eigenvalue weighted by Gasteiger charge is -2.36. The van der Waals surface area contributed by atoms with Gasteiger partial charge in [0.2, 0.25) is 0 Å². The van der Waals surface area contributed by atoms with Gasteiger partial charge in [0.05, 0.1) is 5.69 Å². The van der Waals surface area contributed by atoms with E-state index in [9.17, 15) is 0 Å². The first-order valence-corrected chi connectivity index (χ1v) is 20.2. The summed E-state index contributed by atoms with van der Waals surface area (Å²) in [5.41, 5.74) is 20.4. The molecule has 0 N–H and O–H groups in total. The molecule has 0 aliphatic heterocycles. The monoisotopic (exact) mass is 703 g/mol. The highest BCUT2D eigenvalue weighted by Gasteiger charge is 2.57. The molecule has 0 radical (unpaired) electrons. The molecule has 12 rings (SSSR count). The Labute approximate surface area is 323 Å². The summed E-state index contributed by atoms with van der Waals surface area (Å²) in [4.78, 5) is 2.49. The van der Waals surface area contributed by atoms with Crippen molar-refractivity contribution in [3.05, 3.63) is 198 Å². The van der Waals surface area contributed by atoms with Crippen molar-refractivity contribution in [2.45, 2.75) is 37.5 Å². The van der Waals surface area contributed by atoms with E-state index in [0.717, 1.165) is 23.9 Å². The summed E-state index contributed by atoms with van der Waals surface area (Å²) in [6, 6.07) is 66.3. The molecule has 262 valence electrons. The quantitative estimate of drug-likeness (QED) is 0.172. The fraction of sp³-hybridized carbons (Fsp3) is 0.148. The van der Waals surface area contributed by atoms with Gasteiger partial charge in [0, 0.05) is 22.2 Å². The van der Waals surface area contributed by atoms with Gasteiger partial charge >= 0.3 is 0 Å². The van der Waals surface area contributed by atoms with Crippen molar-refractivity contribution in [3.63, 3.8) is 0 Å². The molecule has 3 atom stereocenters. The fourth-order valence-electron chi connectivity index (χ4n) is 11.5. The molecule has 2 bridgehead atoms. The van der Waals surface area contributed by atoms with E-state index in [4.69, 9.17) is 0 Å². The SMILES string of the molecule is c1ccc(-c2ccc(N(c3ccc4c(c3)Cc3ccccc3-4)c3ccc(-c4cccc5c4-c4ccccc4[C@]54CC5CCC4C5)c4ccccc34)cc2)cc1.